The second kappa shape index (κ2) is 7.69. The van der Waals surface area contributed by atoms with E-state index in [1.54, 1.807) is 0 Å². The molecular weight excluding hydrogens is 302 g/mol. The van der Waals surface area contributed by atoms with E-state index in [2.05, 4.69) is 5.32 Å². The van der Waals surface area contributed by atoms with Gasteiger partial charge in [-0.2, -0.15) is 0 Å². The third-order valence-electron chi connectivity index (χ3n) is 4.44. The highest BCUT2D eigenvalue weighted by molar-refractivity contribution is 5.81. The predicted octanol–water partition coefficient (Wildman–Crippen LogP) is 2.21. The minimum Gasteiger partial charge on any atom is -0.399 e. The van der Waals surface area contributed by atoms with E-state index in [1.807, 2.05) is 49.9 Å². The highest BCUT2D eigenvalue weighted by Crippen LogP contribution is 2.19. The fraction of sp³-hybridized carbons (Fsp3) is 0.579. The zero-order valence-corrected chi connectivity index (χ0v) is 15.0. The maximum atomic E-state index is 12.5. The molecule has 0 saturated carbocycles. The number of benzene rings is 1. The Hall–Kier alpha value is -2.04. The number of rotatable bonds is 4. The molecule has 1 heterocycles. The number of nitrogens with two attached hydrogens (primary N) is 1. The van der Waals surface area contributed by atoms with E-state index in [4.69, 9.17) is 5.73 Å². The van der Waals surface area contributed by atoms with Crippen molar-refractivity contribution >= 4 is 17.5 Å². The summed E-state index contributed by atoms with van der Waals surface area (Å²) >= 11 is 0. The van der Waals surface area contributed by atoms with Gasteiger partial charge >= 0.3 is 0 Å². The summed E-state index contributed by atoms with van der Waals surface area (Å²) in [5.74, 6) is 0.542. The van der Waals surface area contributed by atoms with Crippen molar-refractivity contribution in [2.24, 2.45) is 11.3 Å². The summed E-state index contributed by atoms with van der Waals surface area (Å²) in [4.78, 5) is 26.4. The van der Waals surface area contributed by atoms with E-state index >= 15 is 0 Å². The molecule has 1 saturated heterocycles. The molecule has 5 heteroatoms. The Balaban J connectivity index is 1.84. The van der Waals surface area contributed by atoms with Crippen LogP contribution in [0.3, 0.4) is 0 Å². The number of likely N-dealkylation sites (tertiary alicyclic amines) is 1. The number of anilines is 1. The average molecular weight is 331 g/mol. The van der Waals surface area contributed by atoms with Gasteiger partial charge in [0.05, 0.1) is 6.42 Å². The van der Waals surface area contributed by atoms with Gasteiger partial charge in [0.15, 0.2) is 0 Å². The van der Waals surface area contributed by atoms with Gasteiger partial charge in [-0.25, -0.2) is 0 Å². The second-order valence-electron chi connectivity index (χ2n) is 7.73. The fourth-order valence-electron chi connectivity index (χ4n) is 2.88. The van der Waals surface area contributed by atoms with Gasteiger partial charge in [-0.15, -0.1) is 0 Å². The molecule has 0 bridgehead atoms. The monoisotopic (exact) mass is 331 g/mol. The number of piperidine rings is 1. The molecule has 24 heavy (non-hydrogen) atoms. The Bertz CT molecular complexity index is 575. The number of carbonyl (C=O) groups excluding carboxylic acids is 2. The molecule has 0 aliphatic carbocycles. The summed E-state index contributed by atoms with van der Waals surface area (Å²) in [6.45, 7) is 7.89. The van der Waals surface area contributed by atoms with Crippen LogP contribution in [0.4, 0.5) is 5.69 Å². The SMILES string of the molecule is CC(C)(C)C(=O)NCC1CCCN(C(=O)Cc2ccc(N)cc2)C1. The minimum atomic E-state index is -0.376. The topological polar surface area (TPSA) is 75.4 Å². The van der Waals surface area contributed by atoms with Crippen LogP contribution in [0.2, 0.25) is 0 Å². The molecule has 0 radical (unpaired) electrons. The molecular formula is C19H29N3O2. The molecule has 1 atom stereocenters. The normalized spacial score (nSPS) is 18.3. The van der Waals surface area contributed by atoms with Gasteiger partial charge in [-0.05, 0) is 36.5 Å². The number of carbonyl (C=O) groups is 2. The quantitative estimate of drug-likeness (QED) is 0.831. The first-order chi connectivity index (χ1) is 11.3. The molecule has 2 amide bonds. The first-order valence-corrected chi connectivity index (χ1v) is 8.66. The molecule has 1 fully saturated rings. The van der Waals surface area contributed by atoms with Crippen LogP contribution >= 0.6 is 0 Å². The summed E-state index contributed by atoms with van der Waals surface area (Å²) in [6.07, 6.45) is 2.45. The van der Waals surface area contributed by atoms with Crippen LogP contribution < -0.4 is 11.1 Å². The van der Waals surface area contributed by atoms with Crippen molar-refractivity contribution in [3.05, 3.63) is 29.8 Å². The van der Waals surface area contributed by atoms with Crippen molar-refractivity contribution < 1.29 is 9.59 Å². The smallest absolute Gasteiger partial charge is 0.226 e. The third kappa shape index (κ3) is 5.25. The van der Waals surface area contributed by atoms with Gasteiger partial charge in [0.25, 0.3) is 0 Å². The summed E-state index contributed by atoms with van der Waals surface area (Å²) in [7, 11) is 0. The first-order valence-electron chi connectivity index (χ1n) is 8.66. The summed E-state index contributed by atoms with van der Waals surface area (Å²) in [5.41, 5.74) is 6.99. The Morgan fingerprint density at radius 3 is 2.54 bits per heavy atom. The summed E-state index contributed by atoms with van der Waals surface area (Å²) < 4.78 is 0. The molecule has 5 nitrogen and oxygen atoms in total. The van der Waals surface area contributed by atoms with Crippen LogP contribution in [0.25, 0.3) is 0 Å². The summed E-state index contributed by atoms with van der Waals surface area (Å²) in [6, 6.07) is 7.45. The summed E-state index contributed by atoms with van der Waals surface area (Å²) in [5, 5.41) is 3.02. The van der Waals surface area contributed by atoms with Crippen LogP contribution in [-0.4, -0.2) is 36.3 Å². The highest BCUT2D eigenvalue weighted by Gasteiger charge is 2.26. The van der Waals surface area contributed by atoms with E-state index in [0.29, 0.717) is 24.6 Å². The van der Waals surface area contributed by atoms with Crippen molar-refractivity contribution in [2.75, 3.05) is 25.4 Å². The maximum absolute atomic E-state index is 12.5. The number of nitrogens with zero attached hydrogens (tertiary/aromatic N) is 1. The molecule has 1 aromatic rings. The van der Waals surface area contributed by atoms with Crippen molar-refractivity contribution in [3.63, 3.8) is 0 Å². The Labute approximate surface area is 144 Å². The lowest BCUT2D eigenvalue weighted by atomic mass is 9.94. The van der Waals surface area contributed by atoms with E-state index in [-0.39, 0.29) is 17.2 Å². The zero-order chi connectivity index (χ0) is 17.7. The molecule has 1 aliphatic rings. The van der Waals surface area contributed by atoms with Gasteiger partial charge in [-0.3, -0.25) is 9.59 Å². The third-order valence-corrected chi connectivity index (χ3v) is 4.44. The van der Waals surface area contributed by atoms with Crippen LogP contribution in [0.5, 0.6) is 0 Å². The first kappa shape index (κ1) is 18.3. The zero-order valence-electron chi connectivity index (χ0n) is 15.0. The van der Waals surface area contributed by atoms with Gasteiger partial charge in [-0.1, -0.05) is 32.9 Å². The van der Waals surface area contributed by atoms with Crippen LogP contribution in [0.1, 0.15) is 39.2 Å². The Morgan fingerprint density at radius 2 is 1.92 bits per heavy atom. The Morgan fingerprint density at radius 1 is 1.25 bits per heavy atom. The molecule has 1 unspecified atom stereocenters. The maximum Gasteiger partial charge on any atom is 0.226 e. The Kier molecular flexibility index (Phi) is 5.86. The van der Waals surface area contributed by atoms with E-state index in [0.717, 1.165) is 31.5 Å². The van der Waals surface area contributed by atoms with Crippen molar-refractivity contribution in [1.29, 1.82) is 0 Å². The van der Waals surface area contributed by atoms with Gasteiger partial charge in [0.2, 0.25) is 11.8 Å². The van der Waals surface area contributed by atoms with Crippen LogP contribution in [-0.2, 0) is 16.0 Å². The highest BCUT2D eigenvalue weighted by atomic mass is 16.2. The van der Waals surface area contributed by atoms with E-state index in [1.165, 1.54) is 0 Å². The number of amides is 2. The second-order valence-corrected chi connectivity index (χ2v) is 7.73. The molecule has 2 rings (SSSR count). The van der Waals surface area contributed by atoms with Crippen LogP contribution in [0, 0.1) is 11.3 Å². The van der Waals surface area contributed by atoms with Crippen LogP contribution in [0.15, 0.2) is 24.3 Å². The van der Waals surface area contributed by atoms with Crippen molar-refractivity contribution in [3.8, 4) is 0 Å². The van der Waals surface area contributed by atoms with E-state index < -0.39 is 0 Å². The largest absolute Gasteiger partial charge is 0.399 e. The number of nitrogens with one attached hydrogen (secondary N) is 1. The number of hydrogen-bond donors (Lipinski definition) is 2. The molecule has 0 aromatic heterocycles. The molecule has 1 aromatic carbocycles. The predicted molar refractivity (Wildman–Crippen MR) is 96.3 cm³/mol. The van der Waals surface area contributed by atoms with Gasteiger partial charge < -0.3 is 16.0 Å². The van der Waals surface area contributed by atoms with Gasteiger partial charge in [0, 0.05) is 30.7 Å². The van der Waals surface area contributed by atoms with Crippen molar-refractivity contribution in [1.82, 2.24) is 10.2 Å². The number of hydrogen-bond acceptors (Lipinski definition) is 3. The fourth-order valence-corrected chi connectivity index (χ4v) is 2.88. The minimum absolute atomic E-state index is 0.0628. The average Bonchev–Trinajstić information content (AvgIpc) is 2.54. The molecule has 3 N–H and O–H groups in total. The molecule has 132 valence electrons. The number of nitrogen functional groups attached to an aromatic ring is 1. The van der Waals surface area contributed by atoms with Gasteiger partial charge in [0.1, 0.15) is 0 Å². The lowest BCUT2D eigenvalue weighted by molar-refractivity contribution is -0.132. The van der Waals surface area contributed by atoms with E-state index in [9.17, 15) is 9.59 Å². The molecule has 0 spiro atoms. The van der Waals surface area contributed by atoms with Crippen molar-refractivity contribution in [2.45, 2.75) is 40.0 Å². The lowest BCUT2D eigenvalue weighted by Gasteiger charge is -2.33. The standard InChI is InChI=1S/C19H29N3O2/c1-19(2,3)18(24)21-12-15-5-4-10-22(13-15)17(23)11-14-6-8-16(20)9-7-14/h6-9,15H,4-5,10-13,20H2,1-3H3,(H,21,24). The molecule has 1 aliphatic heterocycles. The lowest BCUT2D eigenvalue weighted by Crippen LogP contribution is -2.45.